The van der Waals surface area contributed by atoms with Crippen molar-refractivity contribution in [2.24, 2.45) is 4.99 Å². The highest BCUT2D eigenvalue weighted by Crippen LogP contribution is 2.37. The Morgan fingerprint density at radius 3 is 2.12 bits per heavy atom. The molecule has 1 N–H and O–H groups in total. The molecule has 236 valence electrons. The third kappa shape index (κ3) is 4.61. The van der Waals surface area contributed by atoms with Gasteiger partial charge < -0.3 is 14.5 Å². The van der Waals surface area contributed by atoms with Gasteiger partial charge in [0.2, 0.25) is 0 Å². The molecule has 50 heavy (non-hydrogen) atoms. The van der Waals surface area contributed by atoms with Crippen LogP contribution in [-0.4, -0.2) is 24.9 Å². The molecule has 10 rings (SSSR count). The Balaban J connectivity index is 1.04. The van der Waals surface area contributed by atoms with E-state index < -0.39 is 0 Å². The van der Waals surface area contributed by atoms with Gasteiger partial charge in [-0.05, 0) is 78.4 Å². The van der Waals surface area contributed by atoms with Crippen molar-refractivity contribution in [3.05, 3.63) is 187 Å². The van der Waals surface area contributed by atoms with E-state index in [9.17, 15) is 0 Å². The van der Waals surface area contributed by atoms with Crippen molar-refractivity contribution < 1.29 is 0 Å². The lowest BCUT2D eigenvalue weighted by Gasteiger charge is -2.28. The molecule has 6 heteroatoms. The molecule has 6 nitrogen and oxygen atoms in total. The van der Waals surface area contributed by atoms with Crippen LogP contribution < -0.4 is 5.32 Å². The van der Waals surface area contributed by atoms with Crippen molar-refractivity contribution in [1.82, 2.24) is 24.4 Å². The summed E-state index contributed by atoms with van der Waals surface area (Å²) in [4.78, 5) is 13.9. The average molecular weight is 643 g/mol. The Bertz CT molecular complexity index is 2710. The van der Waals surface area contributed by atoms with Crippen LogP contribution in [0.2, 0.25) is 0 Å². The zero-order valence-electron chi connectivity index (χ0n) is 27.0. The molecule has 0 bridgehead atoms. The number of rotatable bonds is 5. The van der Waals surface area contributed by atoms with Crippen molar-refractivity contribution in [2.75, 3.05) is 0 Å². The summed E-state index contributed by atoms with van der Waals surface area (Å²) in [7, 11) is 0. The topological polar surface area (TPSA) is 60.0 Å². The van der Waals surface area contributed by atoms with Crippen LogP contribution >= 0.6 is 0 Å². The van der Waals surface area contributed by atoms with Gasteiger partial charge in [0.05, 0.1) is 28.3 Å². The van der Waals surface area contributed by atoms with Gasteiger partial charge in [-0.15, -0.1) is 0 Å². The maximum absolute atomic E-state index is 5.09. The summed E-state index contributed by atoms with van der Waals surface area (Å²) >= 11 is 0. The molecule has 1 aliphatic rings. The van der Waals surface area contributed by atoms with Crippen LogP contribution in [0.15, 0.2) is 175 Å². The summed E-state index contributed by atoms with van der Waals surface area (Å²) < 4.78 is 4.65. The van der Waals surface area contributed by atoms with Crippen LogP contribution in [0.4, 0.5) is 5.69 Å². The molecule has 4 heterocycles. The highest BCUT2D eigenvalue weighted by atomic mass is 15.1. The van der Waals surface area contributed by atoms with Crippen molar-refractivity contribution in [1.29, 1.82) is 0 Å². The van der Waals surface area contributed by atoms with Gasteiger partial charge >= 0.3 is 0 Å². The predicted octanol–water partition coefficient (Wildman–Crippen LogP) is 9.96. The zero-order valence-corrected chi connectivity index (χ0v) is 27.0. The molecule has 6 aromatic carbocycles. The number of hydrogen-bond acceptors (Lipinski definition) is 4. The third-order valence-corrected chi connectivity index (χ3v) is 9.75. The fraction of sp³-hybridized carbons (Fsp3) is 0.0227. The molecular weight excluding hydrogens is 613 g/mol. The summed E-state index contributed by atoms with van der Waals surface area (Å²) in [6.07, 6.45) is 5.70. The molecule has 0 fully saturated rings. The molecule has 1 unspecified atom stereocenters. The van der Waals surface area contributed by atoms with Crippen molar-refractivity contribution in [3.63, 3.8) is 0 Å². The van der Waals surface area contributed by atoms with E-state index in [1.165, 1.54) is 32.7 Å². The summed E-state index contributed by atoms with van der Waals surface area (Å²) in [5.41, 5.74) is 11.1. The number of nitrogens with zero attached hydrogens (tertiary/aromatic N) is 5. The number of aromatic nitrogens is 4. The van der Waals surface area contributed by atoms with Crippen LogP contribution in [0.3, 0.4) is 0 Å². The fourth-order valence-corrected chi connectivity index (χ4v) is 7.34. The molecule has 0 radical (unpaired) electrons. The quantitative estimate of drug-likeness (QED) is 0.203. The minimum atomic E-state index is -0.0512. The molecule has 1 atom stereocenters. The number of para-hydroxylation sites is 3. The third-order valence-electron chi connectivity index (χ3n) is 9.75. The van der Waals surface area contributed by atoms with Crippen LogP contribution in [0.1, 0.15) is 22.7 Å². The molecule has 0 saturated carbocycles. The first-order valence-corrected chi connectivity index (χ1v) is 16.8. The highest BCUT2D eigenvalue weighted by Gasteiger charge is 2.24. The second-order valence-electron chi connectivity index (χ2n) is 12.6. The van der Waals surface area contributed by atoms with Crippen molar-refractivity contribution in [2.45, 2.75) is 6.04 Å². The first-order chi connectivity index (χ1) is 24.8. The van der Waals surface area contributed by atoms with Crippen molar-refractivity contribution in [3.8, 4) is 22.8 Å². The minimum Gasteiger partial charge on any atom is -0.359 e. The summed E-state index contributed by atoms with van der Waals surface area (Å²) in [6, 6.07) is 53.5. The molecule has 9 aromatic rings. The molecule has 3 aromatic heterocycles. The van der Waals surface area contributed by atoms with Gasteiger partial charge in [0.25, 0.3) is 0 Å². The maximum Gasteiger partial charge on any atom is 0.159 e. The highest BCUT2D eigenvalue weighted by molar-refractivity contribution is 6.13. The number of benzene rings is 6. The Kier molecular flexibility index (Phi) is 6.45. The number of hydrogen-bond donors (Lipinski definition) is 1. The van der Waals surface area contributed by atoms with E-state index in [0.717, 1.165) is 51.0 Å². The second-order valence-corrected chi connectivity index (χ2v) is 12.6. The normalized spacial score (nSPS) is 14.1. The van der Waals surface area contributed by atoms with E-state index in [1.807, 2.05) is 6.07 Å². The van der Waals surface area contributed by atoms with Gasteiger partial charge in [-0.3, -0.25) is 0 Å². The van der Waals surface area contributed by atoms with Crippen LogP contribution in [-0.2, 0) is 0 Å². The van der Waals surface area contributed by atoms with Crippen LogP contribution in [0, 0.1) is 0 Å². The van der Waals surface area contributed by atoms with E-state index in [2.05, 4.69) is 176 Å². The molecule has 0 spiro atoms. The number of amidine groups is 1. The zero-order chi connectivity index (χ0) is 33.0. The van der Waals surface area contributed by atoms with Gasteiger partial charge in [-0.25, -0.2) is 15.0 Å². The van der Waals surface area contributed by atoms with Gasteiger partial charge in [0.15, 0.2) is 5.82 Å². The van der Waals surface area contributed by atoms with E-state index in [-0.39, 0.29) is 6.04 Å². The Hall–Kier alpha value is -6.79. The standard InChI is InChI=1S/C44H30N6/c1-2-9-33(10-3-1)49-26-23-32-27-37-35-11-5-7-14-39(35)50(41(37)28-40(32)49)34-21-19-31(20-22-34)44-47-38-13-6-4-12-36(38)42(48-44)29-15-17-30(18-16-29)43-45-24-8-25-46-43/h1-28,42H,(H,47,48). The lowest BCUT2D eigenvalue weighted by molar-refractivity contribution is 0.749. The van der Waals surface area contributed by atoms with E-state index in [4.69, 9.17) is 4.99 Å². The number of fused-ring (bicyclic) bond motifs is 5. The Labute approximate surface area is 288 Å². The second kappa shape index (κ2) is 11.4. The Morgan fingerprint density at radius 1 is 0.540 bits per heavy atom. The van der Waals surface area contributed by atoms with Gasteiger partial charge in [-0.2, -0.15) is 0 Å². The predicted molar refractivity (Wildman–Crippen MR) is 203 cm³/mol. The first kappa shape index (κ1) is 28.2. The van der Waals surface area contributed by atoms with E-state index in [0.29, 0.717) is 0 Å². The smallest absolute Gasteiger partial charge is 0.159 e. The van der Waals surface area contributed by atoms with Crippen molar-refractivity contribution >= 4 is 44.2 Å². The maximum atomic E-state index is 5.09. The fourth-order valence-electron chi connectivity index (χ4n) is 7.34. The lowest BCUT2D eigenvalue weighted by Crippen LogP contribution is -2.32. The monoisotopic (exact) mass is 642 g/mol. The van der Waals surface area contributed by atoms with Crippen LogP contribution in [0.5, 0.6) is 0 Å². The number of aliphatic imine (C=N–C) groups is 1. The molecule has 0 saturated heterocycles. The molecular formula is C44H30N6. The average Bonchev–Trinajstić information content (AvgIpc) is 3.76. The van der Waals surface area contributed by atoms with Gasteiger partial charge in [0, 0.05) is 62.8 Å². The summed E-state index contributed by atoms with van der Waals surface area (Å²) in [5.74, 6) is 1.57. The summed E-state index contributed by atoms with van der Waals surface area (Å²) in [5, 5.41) is 7.46. The molecule has 0 amide bonds. The Morgan fingerprint density at radius 2 is 1.28 bits per heavy atom. The van der Waals surface area contributed by atoms with Crippen LogP contribution in [0.25, 0.3) is 55.5 Å². The van der Waals surface area contributed by atoms with E-state index in [1.54, 1.807) is 12.4 Å². The van der Waals surface area contributed by atoms with Gasteiger partial charge in [0.1, 0.15) is 5.84 Å². The minimum absolute atomic E-state index is 0.0512. The number of nitrogens with one attached hydrogen (secondary N) is 1. The largest absolute Gasteiger partial charge is 0.359 e. The first-order valence-electron chi connectivity index (χ1n) is 16.8. The molecule has 0 aliphatic carbocycles. The molecule has 1 aliphatic heterocycles. The van der Waals surface area contributed by atoms with Gasteiger partial charge in [-0.1, -0.05) is 78.9 Å². The van der Waals surface area contributed by atoms with E-state index >= 15 is 0 Å². The lowest BCUT2D eigenvalue weighted by atomic mass is 9.94. The summed E-state index contributed by atoms with van der Waals surface area (Å²) in [6.45, 7) is 0. The SMILES string of the molecule is c1ccc(-n2ccc3cc4c5ccccc5n(-c5ccc(C6=Nc7ccccc7C(c7ccc(-c8ncccn8)cc7)N6)cc5)c4cc32)cc1.